The Morgan fingerprint density at radius 1 is 0.941 bits per heavy atom. The smallest absolute Gasteiger partial charge is 0.119 e. The van der Waals surface area contributed by atoms with E-state index in [4.69, 9.17) is 9.15 Å². The SMILES string of the molecule is Cc1ccc(C2(c3ccc(C)o3)COC2)cc1. The summed E-state index contributed by atoms with van der Waals surface area (Å²) in [5, 5.41) is 0. The third-order valence-electron chi connectivity index (χ3n) is 3.51. The molecule has 1 saturated heterocycles. The Hall–Kier alpha value is -1.54. The lowest BCUT2D eigenvalue weighted by Gasteiger charge is -2.40. The first-order valence-corrected chi connectivity index (χ1v) is 5.92. The Morgan fingerprint density at radius 2 is 1.65 bits per heavy atom. The van der Waals surface area contributed by atoms with Crippen LogP contribution in [-0.2, 0) is 10.2 Å². The molecule has 1 aliphatic rings. The summed E-state index contributed by atoms with van der Waals surface area (Å²) < 4.78 is 11.2. The molecular weight excluding hydrogens is 212 g/mol. The quantitative estimate of drug-likeness (QED) is 0.787. The molecule has 1 fully saturated rings. The second-order valence-electron chi connectivity index (χ2n) is 4.85. The molecule has 0 aliphatic carbocycles. The van der Waals surface area contributed by atoms with Crippen LogP contribution in [-0.4, -0.2) is 13.2 Å². The Bertz CT molecular complexity index is 518. The van der Waals surface area contributed by atoms with Crippen molar-refractivity contribution in [2.24, 2.45) is 0 Å². The summed E-state index contributed by atoms with van der Waals surface area (Å²) in [6.45, 7) is 5.50. The van der Waals surface area contributed by atoms with Gasteiger partial charge in [-0.2, -0.15) is 0 Å². The zero-order valence-corrected chi connectivity index (χ0v) is 10.2. The monoisotopic (exact) mass is 228 g/mol. The van der Waals surface area contributed by atoms with Crippen molar-refractivity contribution >= 4 is 0 Å². The fraction of sp³-hybridized carbons (Fsp3) is 0.333. The highest BCUT2D eigenvalue weighted by Crippen LogP contribution is 2.39. The van der Waals surface area contributed by atoms with E-state index < -0.39 is 0 Å². The minimum Gasteiger partial charge on any atom is -0.465 e. The summed E-state index contributed by atoms with van der Waals surface area (Å²) in [4.78, 5) is 0. The standard InChI is InChI=1S/C15H16O2/c1-11-3-6-13(7-4-11)15(9-16-10-15)14-8-5-12(2)17-14/h3-8H,9-10H2,1-2H3. The molecule has 1 aromatic carbocycles. The largest absolute Gasteiger partial charge is 0.465 e. The maximum atomic E-state index is 5.80. The van der Waals surface area contributed by atoms with Crippen molar-refractivity contribution < 1.29 is 9.15 Å². The van der Waals surface area contributed by atoms with Gasteiger partial charge < -0.3 is 9.15 Å². The van der Waals surface area contributed by atoms with E-state index in [1.165, 1.54) is 11.1 Å². The van der Waals surface area contributed by atoms with E-state index in [1.54, 1.807) is 0 Å². The van der Waals surface area contributed by atoms with E-state index in [2.05, 4.69) is 37.3 Å². The van der Waals surface area contributed by atoms with Crippen molar-refractivity contribution in [1.82, 2.24) is 0 Å². The van der Waals surface area contributed by atoms with Crippen molar-refractivity contribution in [3.63, 3.8) is 0 Å². The summed E-state index contributed by atoms with van der Waals surface area (Å²) in [5.74, 6) is 1.98. The van der Waals surface area contributed by atoms with Crippen LogP contribution in [0.5, 0.6) is 0 Å². The van der Waals surface area contributed by atoms with Crippen LogP contribution in [0.25, 0.3) is 0 Å². The highest BCUT2D eigenvalue weighted by molar-refractivity contribution is 5.39. The summed E-state index contributed by atoms with van der Waals surface area (Å²) in [7, 11) is 0. The molecule has 2 heterocycles. The first-order chi connectivity index (χ1) is 8.21. The molecule has 0 N–H and O–H groups in total. The zero-order chi connectivity index (χ0) is 11.9. The molecule has 0 unspecified atom stereocenters. The van der Waals surface area contributed by atoms with Crippen molar-refractivity contribution in [1.29, 1.82) is 0 Å². The molecule has 1 aromatic heterocycles. The molecule has 0 amide bonds. The molecule has 2 heteroatoms. The lowest BCUT2D eigenvalue weighted by Crippen LogP contribution is -2.47. The van der Waals surface area contributed by atoms with E-state index in [0.29, 0.717) is 13.2 Å². The molecule has 0 saturated carbocycles. The number of furan rings is 1. The summed E-state index contributed by atoms with van der Waals surface area (Å²) in [5.41, 5.74) is 2.49. The Balaban J connectivity index is 2.05. The van der Waals surface area contributed by atoms with Crippen LogP contribution >= 0.6 is 0 Å². The molecule has 3 rings (SSSR count). The van der Waals surface area contributed by atoms with Gasteiger partial charge in [0.05, 0.1) is 18.6 Å². The van der Waals surface area contributed by atoms with E-state index in [1.807, 2.05) is 13.0 Å². The topological polar surface area (TPSA) is 22.4 Å². The van der Waals surface area contributed by atoms with E-state index in [0.717, 1.165) is 11.5 Å². The van der Waals surface area contributed by atoms with E-state index >= 15 is 0 Å². The van der Waals surface area contributed by atoms with Gasteiger partial charge in [0, 0.05) is 0 Å². The van der Waals surface area contributed by atoms with Crippen LogP contribution in [0.2, 0.25) is 0 Å². The van der Waals surface area contributed by atoms with Gasteiger partial charge >= 0.3 is 0 Å². The highest BCUT2D eigenvalue weighted by Gasteiger charge is 2.44. The van der Waals surface area contributed by atoms with E-state index in [9.17, 15) is 0 Å². The molecule has 2 nitrogen and oxygen atoms in total. The van der Waals surface area contributed by atoms with Crippen LogP contribution < -0.4 is 0 Å². The minimum absolute atomic E-state index is 0.0675. The zero-order valence-electron chi connectivity index (χ0n) is 10.2. The second-order valence-corrected chi connectivity index (χ2v) is 4.85. The fourth-order valence-electron chi connectivity index (χ4n) is 2.32. The predicted octanol–water partition coefficient (Wildman–Crippen LogP) is 3.21. The number of ether oxygens (including phenoxy) is 1. The van der Waals surface area contributed by atoms with Crippen LogP contribution in [0, 0.1) is 13.8 Å². The third-order valence-corrected chi connectivity index (χ3v) is 3.51. The number of hydrogen-bond acceptors (Lipinski definition) is 2. The molecule has 0 bridgehead atoms. The first kappa shape index (κ1) is 10.6. The average Bonchev–Trinajstić information content (AvgIpc) is 2.67. The Morgan fingerprint density at radius 3 is 2.12 bits per heavy atom. The van der Waals surface area contributed by atoms with Crippen molar-refractivity contribution in [2.75, 3.05) is 13.2 Å². The average molecular weight is 228 g/mol. The van der Waals surface area contributed by atoms with Crippen LogP contribution in [0.15, 0.2) is 40.8 Å². The van der Waals surface area contributed by atoms with Gasteiger partial charge in [0.2, 0.25) is 0 Å². The lowest BCUT2D eigenvalue weighted by atomic mass is 9.76. The van der Waals surface area contributed by atoms with Gasteiger partial charge in [0.25, 0.3) is 0 Å². The van der Waals surface area contributed by atoms with Gasteiger partial charge in [-0.3, -0.25) is 0 Å². The second kappa shape index (κ2) is 3.74. The molecule has 2 aromatic rings. The number of hydrogen-bond donors (Lipinski definition) is 0. The van der Waals surface area contributed by atoms with Crippen molar-refractivity contribution in [3.05, 3.63) is 59.0 Å². The maximum absolute atomic E-state index is 5.80. The summed E-state index contributed by atoms with van der Waals surface area (Å²) in [6, 6.07) is 12.7. The molecule has 0 spiro atoms. The highest BCUT2D eigenvalue weighted by atomic mass is 16.5. The molecular formula is C15H16O2. The van der Waals surface area contributed by atoms with Gasteiger partial charge in [-0.1, -0.05) is 29.8 Å². The Kier molecular flexibility index (Phi) is 2.33. The molecule has 1 aliphatic heterocycles. The van der Waals surface area contributed by atoms with Crippen LogP contribution in [0.3, 0.4) is 0 Å². The fourth-order valence-corrected chi connectivity index (χ4v) is 2.32. The number of rotatable bonds is 2. The maximum Gasteiger partial charge on any atom is 0.119 e. The summed E-state index contributed by atoms with van der Waals surface area (Å²) in [6.07, 6.45) is 0. The van der Waals surface area contributed by atoms with Crippen LogP contribution in [0.4, 0.5) is 0 Å². The molecule has 88 valence electrons. The van der Waals surface area contributed by atoms with Gasteiger partial charge in [-0.25, -0.2) is 0 Å². The molecule has 0 atom stereocenters. The predicted molar refractivity (Wildman–Crippen MR) is 66.2 cm³/mol. The van der Waals surface area contributed by atoms with E-state index in [-0.39, 0.29) is 5.41 Å². The molecule has 17 heavy (non-hydrogen) atoms. The van der Waals surface area contributed by atoms with Crippen molar-refractivity contribution in [3.8, 4) is 0 Å². The van der Waals surface area contributed by atoms with Gasteiger partial charge in [-0.15, -0.1) is 0 Å². The van der Waals surface area contributed by atoms with Crippen molar-refractivity contribution in [2.45, 2.75) is 19.3 Å². The van der Waals surface area contributed by atoms with Gasteiger partial charge in [0.15, 0.2) is 0 Å². The first-order valence-electron chi connectivity index (χ1n) is 5.92. The van der Waals surface area contributed by atoms with Gasteiger partial charge in [0.1, 0.15) is 11.5 Å². The summed E-state index contributed by atoms with van der Waals surface area (Å²) >= 11 is 0. The minimum atomic E-state index is -0.0675. The number of aryl methyl sites for hydroxylation is 2. The third kappa shape index (κ3) is 1.60. The number of benzene rings is 1. The van der Waals surface area contributed by atoms with Crippen LogP contribution in [0.1, 0.15) is 22.6 Å². The molecule has 0 radical (unpaired) electrons. The normalized spacial score (nSPS) is 17.8. The Labute approximate surface area is 101 Å². The lowest BCUT2D eigenvalue weighted by molar-refractivity contribution is -0.0478. The van der Waals surface area contributed by atoms with Gasteiger partial charge in [-0.05, 0) is 31.5 Å².